The minimum absolute atomic E-state index is 0.215. The number of amides is 2. The summed E-state index contributed by atoms with van der Waals surface area (Å²) in [6.45, 7) is 1.81. The monoisotopic (exact) mass is 335 g/mol. The minimum atomic E-state index is -0.489. The first-order valence-corrected chi connectivity index (χ1v) is 6.71. The fourth-order valence-electron chi connectivity index (χ4n) is 1.89. The number of hydrogen-bond donors (Lipinski definition) is 2. The number of aromatic nitrogens is 1. The number of hydrogen-bond acceptors (Lipinski definition) is 2. The lowest BCUT2D eigenvalue weighted by atomic mass is 10.1. The standard InChI is InChI=1S/C14H14BrN3O2/c1-8-5-9(13(16)19)3-4-11(8)17-14(20)12-6-10(15)7-18(12)2/h3-7H,1-2H3,(H2,16,19)(H,17,20). The highest BCUT2D eigenvalue weighted by atomic mass is 79.9. The van der Waals surface area contributed by atoms with Crippen LogP contribution in [0.1, 0.15) is 26.4 Å². The number of aryl methyl sites for hydroxylation is 2. The third kappa shape index (κ3) is 2.91. The van der Waals surface area contributed by atoms with Gasteiger partial charge in [-0.25, -0.2) is 0 Å². The van der Waals surface area contributed by atoms with E-state index >= 15 is 0 Å². The van der Waals surface area contributed by atoms with Crippen LogP contribution >= 0.6 is 15.9 Å². The molecule has 2 aromatic rings. The molecule has 0 bridgehead atoms. The summed E-state index contributed by atoms with van der Waals surface area (Å²) in [5, 5.41) is 2.81. The Balaban J connectivity index is 2.24. The van der Waals surface area contributed by atoms with Gasteiger partial charge in [0.15, 0.2) is 0 Å². The Labute approximate surface area is 124 Å². The van der Waals surface area contributed by atoms with E-state index in [1.807, 2.05) is 6.92 Å². The maximum absolute atomic E-state index is 12.2. The summed E-state index contributed by atoms with van der Waals surface area (Å²) in [6.07, 6.45) is 1.80. The summed E-state index contributed by atoms with van der Waals surface area (Å²) in [6, 6.07) is 6.65. The quantitative estimate of drug-likeness (QED) is 0.903. The Hall–Kier alpha value is -2.08. The number of primary amides is 1. The molecule has 0 atom stereocenters. The average Bonchev–Trinajstić information content (AvgIpc) is 2.70. The summed E-state index contributed by atoms with van der Waals surface area (Å²) < 4.78 is 2.57. The van der Waals surface area contributed by atoms with Crippen LogP contribution in [0.3, 0.4) is 0 Å². The van der Waals surface area contributed by atoms with E-state index < -0.39 is 5.91 Å². The molecule has 0 saturated carbocycles. The van der Waals surface area contributed by atoms with E-state index in [-0.39, 0.29) is 5.91 Å². The summed E-state index contributed by atoms with van der Waals surface area (Å²) in [7, 11) is 1.79. The first-order valence-electron chi connectivity index (χ1n) is 5.92. The number of carbonyl (C=O) groups excluding carboxylic acids is 2. The lowest BCUT2D eigenvalue weighted by molar-refractivity contribution is 0.0997. The van der Waals surface area contributed by atoms with Gasteiger partial charge in [-0.1, -0.05) is 0 Å². The highest BCUT2D eigenvalue weighted by Crippen LogP contribution is 2.19. The van der Waals surface area contributed by atoms with Gasteiger partial charge in [-0.15, -0.1) is 0 Å². The topological polar surface area (TPSA) is 77.1 Å². The third-order valence-electron chi connectivity index (χ3n) is 2.96. The van der Waals surface area contributed by atoms with Gasteiger partial charge in [0.2, 0.25) is 5.91 Å². The second kappa shape index (κ2) is 5.50. The number of nitrogens with two attached hydrogens (primary N) is 1. The molecule has 6 heteroatoms. The molecule has 0 fully saturated rings. The highest BCUT2D eigenvalue weighted by molar-refractivity contribution is 9.10. The van der Waals surface area contributed by atoms with Crippen LogP contribution in [0.15, 0.2) is 34.9 Å². The molecule has 0 spiro atoms. The van der Waals surface area contributed by atoms with E-state index in [9.17, 15) is 9.59 Å². The van der Waals surface area contributed by atoms with E-state index in [1.165, 1.54) is 0 Å². The predicted molar refractivity (Wildman–Crippen MR) is 80.8 cm³/mol. The molecule has 20 heavy (non-hydrogen) atoms. The first-order chi connectivity index (χ1) is 9.38. The fraction of sp³-hybridized carbons (Fsp3) is 0.143. The van der Waals surface area contributed by atoms with Crippen molar-refractivity contribution < 1.29 is 9.59 Å². The molecule has 3 N–H and O–H groups in total. The maximum Gasteiger partial charge on any atom is 0.272 e. The number of halogens is 1. The lowest BCUT2D eigenvalue weighted by Gasteiger charge is -2.09. The van der Waals surface area contributed by atoms with Gasteiger partial charge in [-0.2, -0.15) is 0 Å². The zero-order valence-electron chi connectivity index (χ0n) is 11.1. The molecule has 0 unspecified atom stereocenters. The molecule has 1 heterocycles. The SMILES string of the molecule is Cc1cc(C(N)=O)ccc1NC(=O)c1cc(Br)cn1C. The Bertz CT molecular complexity index is 692. The van der Waals surface area contributed by atoms with Crippen molar-refractivity contribution in [2.75, 3.05) is 5.32 Å². The smallest absolute Gasteiger partial charge is 0.272 e. The molecule has 0 radical (unpaired) electrons. The second-order valence-corrected chi connectivity index (χ2v) is 5.42. The fourth-order valence-corrected chi connectivity index (χ4v) is 2.42. The predicted octanol–water partition coefficient (Wildman–Crippen LogP) is 2.45. The van der Waals surface area contributed by atoms with Gasteiger partial charge < -0.3 is 15.6 Å². The Morgan fingerprint density at radius 2 is 2.00 bits per heavy atom. The van der Waals surface area contributed by atoms with Crippen molar-refractivity contribution in [3.8, 4) is 0 Å². The molecular weight excluding hydrogens is 322 g/mol. The highest BCUT2D eigenvalue weighted by Gasteiger charge is 2.13. The van der Waals surface area contributed by atoms with Crippen molar-refractivity contribution in [2.24, 2.45) is 12.8 Å². The zero-order chi connectivity index (χ0) is 14.9. The number of nitrogens with zero attached hydrogens (tertiary/aromatic N) is 1. The molecular formula is C14H14BrN3O2. The molecule has 1 aromatic carbocycles. The van der Waals surface area contributed by atoms with E-state index in [0.717, 1.165) is 10.0 Å². The van der Waals surface area contributed by atoms with Crippen LogP contribution in [-0.2, 0) is 7.05 Å². The van der Waals surface area contributed by atoms with Crippen molar-refractivity contribution in [1.82, 2.24) is 4.57 Å². The zero-order valence-corrected chi connectivity index (χ0v) is 12.7. The lowest BCUT2D eigenvalue weighted by Crippen LogP contribution is -2.17. The van der Waals surface area contributed by atoms with Crippen LogP contribution in [-0.4, -0.2) is 16.4 Å². The number of rotatable bonds is 3. The van der Waals surface area contributed by atoms with Crippen LogP contribution in [0.5, 0.6) is 0 Å². The molecule has 0 aliphatic heterocycles. The van der Waals surface area contributed by atoms with E-state index in [2.05, 4.69) is 21.2 Å². The normalized spacial score (nSPS) is 10.3. The van der Waals surface area contributed by atoms with Crippen molar-refractivity contribution in [2.45, 2.75) is 6.92 Å². The van der Waals surface area contributed by atoms with Crippen molar-refractivity contribution in [3.63, 3.8) is 0 Å². The van der Waals surface area contributed by atoms with Crippen molar-refractivity contribution in [1.29, 1.82) is 0 Å². The van der Waals surface area contributed by atoms with Gasteiger partial charge in [-0.3, -0.25) is 9.59 Å². The third-order valence-corrected chi connectivity index (χ3v) is 3.40. The molecule has 5 nitrogen and oxygen atoms in total. The largest absolute Gasteiger partial charge is 0.366 e. The second-order valence-electron chi connectivity index (χ2n) is 4.50. The van der Waals surface area contributed by atoms with Gasteiger partial charge >= 0.3 is 0 Å². The van der Waals surface area contributed by atoms with Gasteiger partial charge in [0.05, 0.1) is 0 Å². The average molecular weight is 336 g/mol. The van der Waals surface area contributed by atoms with Gasteiger partial charge in [0.1, 0.15) is 5.69 Å². The summed E-state index contributed by atoms with van der Waals surface area (Å²) in [4.78, 5) is 23.3. The summed E-state index contributed by atoms with van der Waals surface area (Å²) in [5.41, 5.74) is 7.60. The van der Waals surface area contributed by atoms with Gasteiger partial charge in [-0.05, 0) is 52.7 Å². The van der Waals surface area contributed by atoms with Crippen molar-refractivity contribution >= 4 is 33.4 Å². The molecule has 0 aliphatic rings. The number of benzene rings is 1. The van der Waals surface area contributed by atoms with E-state index in [4.69, 9.17) is 5.73 Å². The molecule has 2 rings (SSSR count). The number of carbonyl (C=O) groups is 2. The van der Waals surface area contributed by atoms with Crippen LogP contribution in [0.2, 0.25) is 0 Å². The van der Waals surface area contributed by atoms with E-state index in [0.29, 0.717) is 16.9 Å². The van der Waals surface area contributed by atoms with Crippen LogP contribution in [0.4, 0.5) is 5.69 Å². The minimum Gasteiger partial charge on any atom is -0.366 e. The molecule has 104 valence electrons. The summed E-state index contributed by atoms with van der Waals surface area (Å²) in [5.74, 6) is -0.703. The summed E-state index contributed by atoms with van der Waals surface area (Å²) >= 11 is 3.32. The van der Waals surface area contributed by atoms with Crippen LogP contribution in [0, 0.1) is 6.92 Å². The Kier molecular flexibility index (Phi) is 3.94. The Morgan fingerprint density at radius 1 is 1.30 bits per heavy atom. The van der Waals surface area contributed by atoms with Crippen LogP contribution in [0.25, 0.3) is 0 Å². The Morgan fingerprint density at radius 3 is 2.50 bits per heavy atom. The van der Waals surface area contributed by atoms with E-state index in [1.54, 1.807) is 42.1 Å². The number of anilines is 1. The molecule has 1 aromatic heterocycles. The molecule has 0 aliphatic carbocycles. The molecule has 0 saturated heterocycles. The molecule has 2 amide bonds. The number of nitrogens with one attached hydrogen (secondary N) is 1. The van der Waals surface area contributed by atoms with Crippen LogP contribution < -0.4 is 11.1 Å². The van der Waals surface area contributed by atoms with Gasteiger partial charge in [0.25, 0.3) is 5.91 Å². The maximum atomic E-state index is 12.2. The first kappa shape index (κ1) is 14.3. The van der Waals surface area contributed by atoms with Crippen molar-refractivity contribution in [3.05, 3.63) is 51.8 Å². The van der Waals surface area contributed by atoms with Gasteiger partial charge in [0, 0.05) is 29.0 Å².